The molecule has 0 fully saturated rings. The van der Waals surface area contributed by atoms with E-state index in [0.717, 1.165) is 24.2 Å². The third kappa shape index (κ3) is 3.29. The van der Waals surface area contributed by atoms with Crippen LogP contribution in [-0.2, 0) is 18.4 Å². The highest BCUT2D eigenvalue weighted by Crippen LogP contribution is 2.23. The number of aromatic nitrogens is 2. The molecule has 0 radical (unpaired) electrons. The maximum Gasteiger partial charge on any atom is 0.272 e. The van der Waals surface area contributed by atoms with Gasteiger partial charge in [-0.2, -0.15) is 5.10 Å². The fourth-order valence-electron chi connectivity index (χ4n) is 2.90. The summed E-state index contributed by atoms with van der Waals surface area (Å²) in [7, 11) is 0. The highest BCUT2D eigenvalue weighted by Gasteiger charge is 2.25. The molecule has 3 N–H and O–H groups in total. The molecule has 0 spiro atoms. The molecule has 5 nitrogen and oxygen atoms in total. The molecule has 2 aromatic rings. The summed E-state index contributed by atoms with van der Waals surface area (Å²) in [5, 5.41) is 13.5. The molecule has 122 valence electrons. The second kappa shape index (κ2) is 6.16. The fourth-order valence-corrected chi connectivity index (χ4v) is 2.90. The monoisotopic (exact) mass is 312 g/mol. The number of hydrogen-bond donors (Lipinski definition) is 3. The van der Waals surface area contributed by atoms with E-state index in [9.17, 15) is 4.79 Å². The Morgan fingerprint density at radius 1 is 1.30 bits per heavy atom. The zero-order valence-electron chi connectivity index (χ0n) is 14.0. The zero-order chi connectivity index (χ0) is 16.4. The van der Waals surface area contributed by atoms with E-state index in [-0.39, 0.29) is 11.3 Å². The average molecular weight is 312 g/mol. The molecule has 2 heterocycles. The average Bonchev–Trinajstić information content (AvgIpc) is 2.97. The van der Waals surface area contributed by atoms with Crippen molar-refractivity contribution in [1.82, 2.24) is 20.8 Å². The largest absolute Gasteiger partial charge is 0.350 e. The number of aryl methyl sites for hydroxylation is 1. The van der Waals surface area contributed by atoms with Crippen LogP contribution in [0.1, 0.15) is 46.7 Å². The molecular weight excluding hydrogens is 288 g/mol. The Kier molecular flexibility index (Phi) is 4.22. The molecule has 1 aliphatic rings. The molecule has 1 aromatic heterocycles. The molecule has 1 aliphatic heterocycles. The molecule has 1 aromatic carbocycles. The number of carbonyl (C=O) groups is 1. The molecular formula is C18H24N4O. The van der Waals surface area contributed by atoms with Gasteiger partial charge in [-0.3, -0.25) is 9.89 Å². The van der Waals surface area contributed by atoms with Crippen molar-refractivity contribution in [2.45, 2.75) is 39.2 Å². The van der Waals surface area contributed by atoms with E-state index in [2.05, 4.69) is 65.9 Å². The smallest absolute Gasteiger partial charge is 0.272 e. The highest BCUT2D eigenvalue weighted by molar-refractivity contribution is 5.94. The number of aromatic amines is 1. The minimum absolute atomic E-state index is 0.105. The number of nitrogens with zero attached hydrogens (tertiary/aromatic N) is 1. The molecule has 0 atom stereocenters. The van der Waals surface area contributed by atoms with Crippen LogP contribution in [0.2, 0.25) is 0 Å². The van der Waals surface area contributed by atoms with Gasteiger partial charge in [-0.25, -0.2) is 0 Å². The highest BCUT2D eigenvalue weighted by atomic mass is 16.1. The van der Waals surface area contributed by atoms with Crippen LogP contribution < -0.4 is 10.6 Å². The number of carbonyl (C=O) groups excluding carboxylic acids is 1. The summed E-state index contributed by atoms with van der Waals surface area (Å²) < 4.78 is 0. The van der Waals surface area contributed by atoms with Crippen LogP contribution in [0.15, 0.2) is 24.3 Å². The van der Waals surface area contributed by atoms with Crippen LogP contribution in [-0.4, -0.2) is 29.2 Å². The first-order chi connectivity index (χ1) is 11.0. The first-order valence-corrected chi connectivity index (χ1v) is 8.09. The van der Waals surface area contributed by atoms with Gasteiger partial charge in [-0.1, -0.05) is 43.7 Å². The van der Waals surface area contributed by atoms with Crippen LogP contribution in [0, 0.1) is 6.92 Å². The molecule has 3 rings (SSSR count). The number of rotatable bonds is 4. The maximum absolute atomic E-state index is 12.5. The van der Waals surface area contributed by atoms with Crippen molar-refractivity contribution in [2.75, 3.05) is 13.1 Å². The second-order valence-electron chi connectivity index (χ2n) is 6.89. The maximum atomic E-state index is 12.5. The van der Waals surface area contributed by atoms with Crippen molar-refractivity contribution in [3.63, 3.8) is 0 Å². The second-order valence-corrected chi connectivity index (χ2v) is 6.89. The zero-order valence-corrected chi connectivity index (χ0v) is 14.0. The molecule has 0 saturated carbocycles. The normalized spacial score (nSPS) is 14.4. The Hall–Kier alpha value is -2.14. The van der Waals surface area contributed by atoms with Crippen molar-refractivity contribution >= 4 is 5.91 Å². The molecule has 1 amide bonds. The minimum Gasteiger partial charge on any atom is -0.350 e. The quantitative estimate of drug-likeness (QED) is 0.809. The van der Waals surface area contributed by atoms with E-state index < -0.39 is 0 Å². The summed E-state index contributed by atoms with van der Waals surface area (Å²) in [5.74, 6) is -0.105. The molecule has 0 unspecified atom stereocenters. The van der Waals surface area contributed by atoms with Crippen molar-refractivity contribution < 1.29 is 4.79 Å². The van der Waals surface area contributed by atoms with E-state index in [0.29, 0.717) is 18.8 Å². The van der Waals surface area contributed by atoms with E-state index in [1.165, 1.54) is 11.1 Å². The molecule has 0 saturated heterocycles. The number of hydrogen-bond acceptors (Lipinski definition) is 3. The van der Waals surface area contributed by atoms with Crippen molar-refractivity contribution in [3.05, 3.63) is 52.3 Å². The van der Waals surface area contributed by atoms with Crippen LogP contribution in [0.3, 0.4) is 0 Å². The van der Waals surface area contributed by atoms with E-state index in [4.69, 9.17) is 0 Å². The van der Waals surface area contributed by atoms with Gasteiger partial charge in [0.2, 0.25) is 0 Å². The molecule has 0 aliphatic carbocycles. The van der Waals surface area contributed by atoms with Gasteiger partial charge in [-0.05, 0) is 12.5 Å². The van der Waals surface area contributed by atoms with Gasteiger partial charge in [0, 0.05) is 42.7 Å². The third-order valence-electron chi connectivity index (χ3n) is 4.55. The Morgan fingerprint density at radius 3 is 2.78 bits per heavy atom. The summed E-state index contributed by atoms with van der Waals surface area (Å²) in [6, 6.07) is 8.47. The summed E-state index contributed by atoms with van der Waals surface area (Å²) in [6.07, 6.45) is 0.893. The van der Waals surface area contributed by atoms with E-state index >= 15 is 0 Å². The van der Waals surface area contributed by atoms with Crippen molar-refractivity contribution in [3.8, 4) is 0 Å². The fraction of sp³-hybridized carbons (Fsp3) is 0.444. The van der Waals surface area contributed by atoms with Gasteiger partial charge in [0.1, 0.15) is 0 Å². The number of fused-ring (bicyclic) bond motifs is 1. The van der Waals surface area contributed by atoms with Crippen molar-refractivity contribution in [1.29, 1.82) is 0 Å². The first-order valence-electron chi connectivity index (χ1n) is 8.09. The van der Waals surface area contributed by atoms with Crippen LogP contribution >= 0.6 is 0 Å². The predicted molar refractivity (Wildman–Crippen MR) is 90.5 cm³/mol. The summed E-state index contributed by atoms with van der Waals surface area (Å²) in [6.45, 7) is 8.56. The van der Waals surface area contributed by atoms with Gasteiger partial charge < -0.3 is 10.6 Å². The molecule has 0 bridgehead atoms. The number of H-pyrrole nitrogens is 1. The Bertz CT molecular complexity index is 700. The minimum atomic E-state index is -0.127. The lowest BCUT2D eigenvalue weighted by Crippen LogP contribution is -2.37. The summed E-state index contributed by atoms with van der Waals surface area (Å²) in [5.41, 5.74) is 4.93. The van der Waals surface area contributed by atoms with Crippen LogP contribution in [0.25, 0.3) is 0 Å². The van der Waals surface area contributed by atoms with E-state index in [1.54, 1.807) is 0 Å². The first kappa shape index (κ1) is 15.7. The lowest BCUT2D eigenvalue weighted by Gasteiger charge is -2.26. The van der Waals surface area contributed by atoms with Gasteiger partial charge >= 0.3 is 0 Å². The predicted octanol–water partition coefficient (Wildman–Crippen LogP) is 2.07. The number of nitrogens with one attached hydrogen (secondary N) is 3. The Labute approximate surface area is 136 Å². The van der Waals surface area contributed by atoms with Gasteiger partial charge in [0.25, 0.3) is 5.91 Å². The summed E-state index contributed by atoms with van der Waals surface area (Å²) in [4.78, 5) is 12.5. The van der Waals surface area contributed by atoms with Crippen molar-refractivity contribution in [2.24, 2.45) is 0 Å². The number of benzene rings is 1. The van der Waals surface area contributed by atoms with Crippen LogP contribution in [0.5, 0.6) is 0 Å². The van der Waals surface area contributed by atoms with Gasteiger partial charge in [0.15, 0.2) is 5.69 Å². The molecule has 5 heteroatoms. The lowest BCUT2D eigenvalue weighted by atomic mass is 9.84. The SMILES string of the molecule is Cc1ccc(C(C)(C)CNC(=O)c2n[nH]c3c2CNCC3)cc1. The Balaban J connectivity index is 1.68. The Morgan fingerprint density at radius 2 is 2.04 bits per heavy atom. The third-order valence-corrected chi connectivity index (χ3v) is 4.55. The van der Waals surface area contributed by atoms with Gasteiger partial charge in [0.05, 0.1) is 0 Å². The lowest BCUT2D eigenvalue weighted by molar-refractivity contribution is 0.0939. The van der Waals surface area contributed by atoms with Crippen LogP contribution in [0.4, 0.5) is 0 Å². The standard InChI is InChI=1S/C18H24N4O/c1-12-4-6-13(7-5-12)18(2,3)11-20-17(23)16-14-10-19-9-8-15(14)21-22-16/h4-7,19H,8-11H2,1-3H3,(H,20,23)(H,21,22). The van der Waals surface area contributed by atoms with Gasteiger partial charge in [-0.15, -0.1) is 0 Å². The topological polar surface area (TPSA) is 69.8 Å². The number of amides is 1. The molecule has 23 heavy (non-hydrogen) atoms. The van der Waals surface area contributed by atoms with E-state index in [1.807, 2.05) is 0 Å². The summed E-state index contributed by atoms with van der Waals surface area (Å²) >= 11 is 0.